The van der Waals surface area contributed by atoms with Crippen LogP contribution in [0.5, 0.6) is 5.75 Å². The Balaban J connectivity index is 1.34. The summed E-state index contributed by atoms with van der Waals surface area (Å²) in [5.74, 6) is 1.88. The first-order chi connectivity index (χ1) is 12.3. The predicted molar refractivity (Wildman–Crippen MR) is 97.5 cm³/mol. The maximum Gasteiger partial charge on any atom is 0.209 e. The Morgan fingerprint density at radius 3 is 2.36 bits per heavy atom. The van der Waals surface area contributed by atoms with Gasteiger partial charge in [0.2, 0.25) is 5.89 Å². The molecule has 3 aromatic rings. The van der Waals surface area contributed by atoms with Gasteiger partial charge in [0.15, 0.2) is 5.76 Å². The molecule has 1 saturated heterocycles. The lowest BCUT2D eigenvalue weighted by Crippen LogP contribution is -2.46. The number of anilines is 1. The monoisotopic (exact) mass is 335 g/mol. The summed E-state index contributed by atoms with van der Waals surface area (Å²) in [4.78, 5) is 9.12. The number of aromatic nitrogens is 1. The zero-order valence-corrected chi connectivity index (χ0v) is 14.0. The van der Waals surface area contributed by atoms with E-state index in [-0.39, 0.29) is 0 Å². The molecule has 1 aliphatic heterocycles. The highest BCUT2D eigenvalue weighted by Gasteiger charge is 2.19. The number of nitrogens with zero attached hydrogens (tertiary/aromatic N) is 3. The molecular weight excluding hydrogens is 314 g/mol. The van der Waals surface area contributed by atoms with E-state index in [0.717, 1.165) is 55.6 Å². The van der Waals surface area contributed by atoms with Gasteiger partial charge in [-0.25, -0.2) is 4.98 Å². The molecule has 1 N–H and O–H groups in total. The van der Waals surface area contributed by atoms with Crippen LogP contribution in [0.3, 0.4) is 0 Å². The lowest BCUT2D eigenvalue weighted by Gasteiger charge is -2.35. The molecule has 1 aromatic heterocycles. The summed E-state index contributed by atoms with van der Waals surface area (Å²) < 4.78 is 5.90. The van der Waals surface area contributed by atoms with Gasteiger partial charge in [-0.15, -0.1) is 0 Å². The molecule has 0 saturated carbocycles. The molecule has 25 heavy (non-hydrogen) atoms. The number of oxazole rings is 1. The number of aromatic hydroxyl groups is 1. The van der Waals surface area contributed by atoms with E-state index in [1.807, 2.05) is 42.5 Å². The van der Waals surface area contributed by atoms with Crippen molar-refractivity contribution in [3.05, 3.63) is 66.7 Å². The van der Waals surface area contributed by atoms with Crippen molar-refractivity contribution in [3.63, 3.8) is 0 Å². The molecule has 4 rings (SSSR count). The van der Waals surface area contributed by atoms with E-state index in [1.54, 1.807) is 18.3 Å². The van der Waals surface area contributed by atoms with Crippen LogP contribution in [0, 0.1) is 0 Å². The van der Waals surface area contributed by atoms with Crippen molar-refractivity contribution < 1.29 is 9.52 Å². The Labute approximate surface area is 147 Å². The minimum absolute atomic E-state index is 0.306. The minimum atomic E-state index is 0.306. The maximum atomic E-state index is 9.40. The van der Waals surface area contributed by atoms with E-state index in [1.165, 1.54) is 0 Å². The van der Waals surface area contributed by atoms with Gasteiger partial charge in [0.05, 0.1) is 12.7 Å². The minimum Gasteiger partial charge on any atom is -0.508 e. The van der Waals surface area contributed by atoms with Crippen molar-refractivity contribution in [1.82, 2.24) is 9.88 Å². The molecule has 0 bridgehead atoms. The largest absolute Gasteiger partial charge is 0.508 e. The van der Waals surface area contributed by atoms with Gasteiger partial charge in [-0.3, -0.25) is 4.90 Å². The Bertz CT molecular complexity index is 806. The molecule has 1 fully saturated rings. The molecule has 2 heterocycles. The fraction of sp³-hybridized carbons (Fsp3) is 0.250. The second-order valence-electron chi connectivity index (χ2n) is 6.26. The zero-order chi connectivity index (χ0) is 17.1. The lowest BCUT2D eigenvalue weighted by molar-refractivity contribution is 0.227. The molecular formula is C20H21N3O2. The second kappa shape index (κ2) is 6.99. The van der Waals surface area contributed by atoms with E-state index >= 15 is 0 Å². The molecule has 5 nitrogen and oxygen atoms in total. The summed E-state index contributed by atoms with van der Waals surface area (Å²) in [6.45, 7) is 4.57. The van der Waals surface area contributed by atoms with E-state index in [4.69, 9.17) is 4.42 Å². The van der Waals surface area contributed by atoms with Crippen molar-refractivity contribution in [2.45, 2.75) is 6.54 Å². The van der Waals surface area contributed by atoms with Crippen LogP contribution in [0.15, 0.2) is 65.2 Å². The standard InChI is InChI=1S/C20H21N3O2/c24-18-8-6-17(7-9-18)23-12-10-22(11-13-23)15-20-21-14-19(25-20)16-4-2-1-3-5-16/h1-9,14,24H,10-13,15H2. The summed E-state index contributed by atoms with van der Waals surface area (Å²) in [7, 11) is 0. The van der Waals surface area contributed by atoms with Crippen LogP contribution < -0.4 is 4.90 Å². The molecule has 0 amide bonds. The summed E-state index contributed by atoms with van der Waals surface area (Å²) in [6, 6.07) is 17.4. The third-order valence-electron chi connectivity index (χ3n) is 4.56. The number of phenols is 1. The molecule has 0 radical (unpaired) electrons. The Hall–Kier alpha value is -2.79. The normalized spacial score (nSPS) is 15.4. The predicted octanol–water partition coefficient (Wildman–Crippen LogP) is 3.37. The third-order valence-corrected chi connectivity index (χ3v) is 4.56. The Kier molecular flexibility index (Phi) is 4.39. The first kappa shape index (κ1) is 15.7. The SMILES string of the molecule is Oc1ccc(N2CCN(Cc3ncc(-c4ccccc4)o3)CC2)cc1. The second-order valence-corrected chi connectivity index (χ2v) is 6.26. The van der Waals surface area contributed by atoms with Gasteiger partial charge in [-0.2, -0.15) is 0 Å². The topological polar surface area (TPSA) is 52.7 Å². The van der Waals surface area contributed by atoms with E-state index in [9.17, 15) is 5.11 Å². The van der Waals surface area contributed by atoms with E-state index in [0.29, 0.717) is 5.75 Å². The molecule has 0 aliphatic carbocycles. The van der Waals surface area contributed by atoms with Crippen LogP contribution in [0.4, 0.5) is 5.69 Å². The highest BCUT2D eigenvalue weighted by Crippen LogP contribution is 2.22. The molecule has 128 valence electrons. The highest BCUT2D eigenvalue weighted by atomic mass is 16.4. The Morgan fingerprint density at radius 2 is 1.64 bits per heavy atom. The van der Waals surface area contributed by atoms with Crippen molar-refractivity contribution >= 4 is 5.69 Å². The average molecular weight is 335 g/mol. The van der Waals surface area contributed by atoms with Crippen LogP contribution >= 0.6 is 0 Å². The van der Waals surface area contributed by atoms with Gasteiger partial charge < -0.3 is 14.4 Å². The van der Waals surface area contributed by atoms with Gasteiger partial charge in [0.1, 0.15) is 5.75 Å². The van der Waals surface area contributed by atoms with Crippen LogP contribution in [-0.2, 0) is 6.54 Å². The van der Waals surface area contributed by atoms with Crippen LogP contribution in [0.25, 0.3) is 11.3 Å². The summed E-state index contributed by atoms with van der Waals surface area (Å²) in [5, 5.41) is 9.40. The molecule has 1 aliphatic rings. The van der Waals surface area contributed by atoms with Crippen molar-refractivity contribution in [3.8, 4) is 17.1 Å². The zero-order valence-electron chi connectivity index (χ0n) is 14.0. The van der Waals surface area contributed by atoms with Crippen molar-refractivity contribution in [2.75, 3.05) is 31.1 Å². The first-order valence-electron chi connectivity index (χ1n) is 8.54. The van der Waals surface area contributed by atoms with E-state index < -0.39 is 0 Å². The van der Waals surface area contributed by atoms with Crippen LogP contribution in [-0.4, -0.2) is 41.2 Å². The van der Waals surface area contributed by atoms with Gasteiger partial charge >= 0.3 is 0 Å². The first-order valence-corrected chi connectivity index (χ1v) is 8.54. The Morgan fingerprint density at radius 1 is 0.920 bits per heavy atom. The number of hydrogen-bond acceptors (Lipinski definition) is 5. The lowest BCUT2D eigenvalue weighted by atomic mass is 10.2. The highest BCUT2D eigenvalue weighted by molar-refractivity contribution is 5.55. The quantitative estimate of drug-likeness (QED) is 0.792. The molecule has 0 spiro atoms. The van der Waals surface area contributed by atoms with Crippen LogP contribution in [0.1, 0.15) is 5.89 Å². The van der Waals surface area contributed by atoms with Crippen molar-refractivity contribution in [2.24, 2.45) is 0 Å². The maximum absolute atomic E-state index is 9.40. The fourth-order valence-electron chi connectivity index (χ4n) is 3.14. The smallest absolute Gasteiger partial charge is 0.209 e. The summed E-state index contributed by atoms with van der Waals surface area (Å²) in [6.07, 6.45) is 1.80. The molecule has 0 atom stereocenters. The number of phenolic OH excluding ortho intramolecular Hbond substituents is 1. The number of piperazine rings is 1. The van der Waals surface area contributed by atoms with E-state index in [2.05, 4.69) is 14.8 Å². The van der Waals surface area contributed by atoms with Gasteiger partial charge in [0, 0.05) is 37.4 Å². The third kappa shape index (κ3) is 3.67. The summed E-state index contributed by atoms with van der Waals surface area (Å²) in [5.41, 5.74) is 2.21. The summed E-state index contributed by atoms with van der Waals surface area (Å²) >= 11 is 0. The number of rotatable bonds is 4. The number of benzene rings is 2. The van der Waals surface area contributed by atoms with Crippen LogP contribution in [0.2, 0.25) is 0 Å². The molecule has 0 unspecified atom stereocenters. The number of hydrogen-bond donors (Lipinski definition) is 1. The molecule has 5 heteroatoms. The van der Waals surface area contributed by atoms with Gasteiger partial charge in [-0.1, -0.05) is 30.3 Å². The molecule has 2 aromatic carbocycles. The average Bonchev–Trinajstić information content (AvgIpc) is 3.12. The van der Waals surface area contributed by atoms with Gasteiger partial charge in [0.25, 0.3) is 0 Å². The van der Waals surface area contributed by atoms with Gasteiger partial charge in [-0.05, 0) is 24.3 Å². The van der Waals surface area contributed by atoms with Crippen molar-refractivity contribution in [1.29, 1.82) is 0 Å². The fourth-order valence-corrected chi connectivity index (χ4v) is 3.14.